The topological polar surface area (TPSA) is 57.4 Å². The molecule has 1 atom stereocenters. The third-order valence-electron chi connectivity index (χ3n) is 4.26. The molecule has 1 saturated heterocycles. The van der Waals surface area contributed by atoms with Gasteiger partial charge in [-0.1, -0.05) is 47.6 Å². The van der Waals surface area contributed by atoms with Crippen LogP contribution in [0.2, 0.25) is 0 Å². The van der Waals surface area contributed by atoms with Crippen LogP contribution in [0.4, 0.5) is 0 Å². The molecule has 3 aromatic rings. The van der Waals surface area contributed by atoms with Crippen LogP contribution in [0.1, 0.15) is 24.3 Å². The number of aromatic nitrogens is 2. The zero-order chi connectivity index (χ0) is 16.9. The second kappa shape index (κ2) is 7.49. The van der Waals surface area contributed by atoms with Gasteiger partial charge in [0.2, 0.25) is 11.7 Å². The largest absolute Gasteiger partial charge is 0.488 e. The van der Waals surface area contributed by atoms with Gasteiger partial charge in [0.25, 0.3) is 0 Å². The van der Waals surface area contributed by atoms with E-state index in [9.17, 15) is 0 Å². The summed E-state index contributed by atoms with van der Waals surface area (Å²) in [6.45, 7) is 1.32. The average Bonchev–Trinajstić information content (AvgIpc) is 3.34. The van der Waals surface area contributed by atoms with Gasteiger partial charge >= 0.3 is 0 Å². The highest BCUT2D eigenvalue weighted by Crippen LogP contribution is 2.29. The zero-order valence-corrected chi connectivity index (χ0v) is 13.9. The molecule has 1 aliphatic rings. The predicted molar refractivity (Wildman–Crippen MR) is 93.2 cm³/mol. The van der Waals surface area contributed by atoms with Gasteiger partial charge in [-0.3, -0.25) is 0 Å². The summed E-state index contributed by atoms with van der Waals surface area (Å²) in [6, 6.07) is 17.8. The number of hydrogen-bond acceptors (Lipinski definition) is 5. The molecule has 5 nitrogen and oxygen atoms in total. The maximum atomic E-state index is 5.97. The monoisotopic (exact) mass is 336 g/mol. The molecule has 1 aliphatic heterocycles. The lowest BCUT2D eigenvalue weighted by molar-refractivity contribution is 0.104. The van der Waals surface area contributed by atoms with Crippen LogP contribution in [0.3, 0.4) is 0 Å². The zero-order valence-electron chi connectivity index (χ0n) is 13.9. The fourth-order valence-corrected chi connectivity index (χ4v) is 2.96. The van der Waals surface area contributed by atoms with E-state index in [1.54, 1.807) is 0 Å². The molecule has 1 fully saturated rings. The number of para-hydroxylation sites is 1. The Morgan fingerprint density at radius 3 is 2.72 bits per heavy atom. The first-order chi connectivity index (χ1) is 12.4. The lowest BCUT2D eigenvalue weighted by Crippen LogP contribution is -2.08. The molecule has 0 aliphatic carbocycles. The third-order valence-corrected chi connectivity index (χ3v) is 4.26. The van der Waals surface area contributed by atoms with E-state index in [0.717, 1.165) is 36.3 Å². The number of hydrogen-bond donors (Lipinski definition) is 0. The van der Waals surface area contributed by atoms with Gasteiger partial charge in [-0.25, -0.2) is 0 Å². The molecule has 1 aromatic heterocycles. The Labute approximate surface area is 146 Å². The Bertz CT molecular complexity index is 811. The van der Waals surface area contributed by atoms with Crippen molar-refractivity contribution < 1.29 is 14.0 Å². The summed E-state index contributed by atoms with van der Waals surface area (Å²) < 4.78 is 17.0. The molecule has 0 bridgehead atoms. The molecule has 2 aromatic carbocycles. The first kappa shape index (κ1) is 15.8. The summed E-state index contributed by atoms with van der Waals surface area (Å²) in [6.07, 6.45) is 3.01. The summed E-state index contributed by atoms with van der Waals surface area (Å²) in [5.74, 6) is 1.91. The van der Waals surface area contributed by atoms with Crippen molar-refractivity contribution >= 4 is 0 Å². The Morgan fingerprint density at radius 2 is 1.88 bits per heavy atom. The molecule has 5 heteroatoms. The molecule has 0 N–H and O–H groups in total. The normalized spacial score (nSPS) is 16.9. The Balaban J connectivity index is 1.49. The molecule has 128 valence electrons. The van der Waals surface area contributed by atoms with Crippen molar-refractivity contribution in [2.24, 2.45) is 0 Å². The second-order valence-electron chi connectivity index (χ2n) is 6.12. The van der Waals surface area contributed by atoms with E-state index in [0.29, 0.717) is 24.7 Å². The van der Waals surface area contributed by atoms with Crippen LogP contribution >= 0.6 is 0 Å². The van der Waals surface area contributed by atoms with Gasteiger partial charge in [-0.15, -0.1) is 0 Å². The van der Waals surface area contributed by atoms with Gasteiger partial charge in [0, 0.05) is 6.61 Å². The van der Waals surface area contributed by atoms with E-state index in [1.165, 1.54) is 0 Å². The highest BCUT2D eigenvalue weighted by atomic mass is 16.5. The van der Waals surface area contributed by atoms with E-state index in [2.05, 4.69) is 10.1 Å². The SMILES string of the molecule is c1ccc(COc2ccccc2-c2noc(CC3CCCO3)n2)cc1. The minimum absolute atomic E-state index is 0.192. The molecular weight excluding hydrogens is 316 g/mol. The summed E-state index contributed by atoms with van der Waals surface area (Å²) in [7, 11) is 0. The molecule has 2 heterocycles. The van der Waals surface area contributed by atoms with Crippen molar-refractivity contribution in [1.29, 1.82) is 0 Å². The fraction of sp³-hybridized carbons (Fsp3) is 0.300. The van der Waals surface area contributed by atoms with Gasteiger partial charge in [-0.2, -0.15) is 4.98 Å². The highest BCUT2D eigenvalue weighted by molar-refractivity contribution is 5.63. The predicted octanol–water partition coefficient (Wildman–Crippen LogP) is 4.04. The minimum atomic E-state index is 0.192. The summed E-state index contributed by atoms with van der Waals surface area (Å²) in [5.41, 5.74) is 1.95. The molecule has 1 unspecified atom stereocenters. The van der Waals surface area contributed by atoms with Crippen LogP contribution in [0.15, 0.2) is 59.1 Å². The van der Waals surface area contributed by atoms with E-state index < -0.39 is 0 Å². The van der Waals surface area contributed by atoms with Gasteiger partial charge in [0.15, 0.2) is 0 Å². The lowest BCUT2D eigenvalue weighted by Gasteiger charge is -2.09. The van der Waals surface area contributed by atoms with Crippen molar-refractivity contribution in [3.05, 3.63) is 66.1 Å². The lowest BCUT2D eigenvalue weighted by atomic mass is 10.1. The van der Waals surface area contributed by atoms with E-state index >= 15 is 0 Å². The van der Waals surface area contributed by atoms with Crippen LogP contribution in [-0.4, -0.2) is 22.9 Å². The summed E-state index contributed by atoms with van der Waals surface area (Å²) >= 11 is 0. The van der Waals surface area contributed by atoms with Crippen molar-refractivity contribution in [1.82, 2.24) is 10.1 Å². The number of ether oxygens (including phenoxy) is 2. The van der Waals surface area contributed by atoms with Crippen LogP contribution < -0.4 is 4.74 Å². The number of nitrogens with zero attached hydrogens (tertiary/aromatic N) is 2. The van der Waals surface area contributed by atoms with E-state index in [1.807, 2.05) is 54.6 Å². The second-order valence-corrected chi connectivity index (χ2v) is 6.12. The first-order valence-electron chi connectivity index (χ1n) is 8.59. The number of benzene rings is 2. The standard InChI is InChI=1S/C20H20N2O3/c1-2-7-15(8-3-1)14-24-18-11-5-4-10-17(18)20-21-19(25-22-20)13-16-9-6-12-23-16/h1-5,7-8,10-11,16H,6,9,12-14H2. The highest BCUT2D eigenvalue weighted by Gasteiger charge is 2.20. The Kier molecular flexibility index (Phi) is 4.74. The first-order valence-corrected chi connectivity index (χ1v) is 8.59. The quantitative estimate of drug-likeness (QED) is 0.680. The van der Waals surface area contributed by atoms with Gasteiger partial charge in [0.1, 0.15) is 12.4 Å². The summed E-state index contributed by atoms with van der Waals surface area (Å²) in [4.78, 5) is 4.52. The fourth-order valence-electron chi connectivity index (χ4n) is 2.96. The van der Waals surface area contributed by atoms with Crippen LogP contribution in [0.25, 0.3) is 11.4 Å². The van der Waals surface area contributed by atoms with E-state index in [-0.39, 0.29) is 6.10 Å². The van der Waals surface area contributed by atoms with Crippen molar-refractivity contribution in [2.75, 3.05) is 6.61 Å². The molecular formula is C20H20N2O3. The minimum Gasteiger partial charge on any atom is -0.488 e. The van der Waals surface area contributed by atoms with Crippen molar-refractivity contribution in [3.63, 3.8) is 0 Å². The molecule has 0 saturated carbocycles. The Hall–Kier alpha value is -2.66. The molecule has 0 radical (unpaired) electrons. The maximum Gasteiger partial charge on any atom is 0.229 e. The molecule has 0 spiro atoms. The van der Waals surface area contributed by atoms with Crippen LogP contribution in [0, 0.1) is 0 Å². The average molecular weight is 336 g/mol. The van der Waals surface area contributed by atoms with Crippen molar-refractivity contribution in [3.8, 4) is 17.1 Å². The Morgan fingerprint density at radius 1 is 1.04 bits per heavy atom. The van der Waals surface area contributed by atoms with Gasteiger partial charge in [0.05, 0.1) is 18.1 Å². The molecule has 4 rings (SSSR count). The van der Waals surface area contributed by atoms with Crippen LogP contribution in [0.5, 0.6) is 5.75 Å². The smallest absolute Gasteiger partial charge is 0.229 e. The summed E-state index contributed by atoms with van der Waals surface area (Å²) in [5, 5.41) is 4.12. The van der Waals surface area contributed by atoms with E-state index in [4.69, 9.17) is 14.0 Å². The third kappa shape index (κ3) is 3.88. The van der Waals surface area contributed by atoms with Gasteiger partial charge < -0.3 is 14.0 Å². The maximum absolute atomic E-state index is 5.97. The van der Waals surface area contributed by atoms with Crippen LogP contribution in [-0.2, 0) is 17.8 Å². The molecule has 25 heavy (non-hydrogen) atoms. The van der Waals surface area contributed by atoms with Crippen molar-refractivity contribution in [2.45, 2.75) is 32.0 Å². The molecule has 0 amide bonds. The number of rotatable bonds is 6. The van der Waals surface area contributed by atoms with Gasteiger partial charge in [-0.05, 0) is 30.5 Å².